The van der Waals surface area contributed by atoms with Crippen LogP contribution in [0.3, 0.4) is 0 Å². The maximum atomic E-state index is 11.3. The zero-order chi connectivity index (χ0) is 10.8. The molecule has 1 unspecified atom stereocenters. The molecule has 0 aromatic carbocycles. The van der Waals surface area contributed by atoms with Crippen LogP contribution in [0.1, 0.15) is 27.2 Å². The minimum atomic E-state index is -2.81. The normalized spacial score (nSPS) is 29.9. The molecule has 1 aliphatic rings. The zero-order valence-electron chi connectivity index (χ0n) is 9.04. The molecule has 0 aliphatic carbocycles. The molecule has 1 fully saturated rings. The lowest BCUT2D eigenvalue weighted by Gasteiger charge is -2.20. The molecule has 1 saturated heterocycles. The second kappa shape index (κ2) is 3.93. The molecule has 0 aromatic rings. The Hall–Kier alpha value is -0.510. The first-order chi connectivity index (χ1) is 6.33. The largest absolute Gasteiger partial charge is 0.501 e. The monoisotopic (exact) mass is 218 g/mol. The van der Waals surface area contributed by atoms with Crippen molar-refractivity contribution >= 4 is 9.84 Å². The molecule has 3 nitrogen and oxygen atoms in total. The lowest BCUT2D eigenvalue weighted by molar-refractivity contribution is 0.141. The molecule has 0 radical (unpaired) electrons. The molecule has 1 aliphatic heterocycles. The van der Waals surface area contributed by atoms with Gasteiger partial charge in [-0.05, 0) is 25.8 Å². The number of ether oxygens (including phenoxy) is 1. The van der Waals surface area contributed by atoms with Crippen molar-refractivity contribution in [2.24, 2.45) is 5.41 Å². The first-order valence-electron chi connectivity index (χ1n) is 4.78. The standard InChI is InChI=1S/C10H18O3S/c1-9(2)6-13-7-10(3)4-5-14(11,12)8-10/h6H,4-5,7-8H2,1-3H3. The van der Waals surface area contributed by atoms with Gasteiger partial charge in [0.15, 0.2) is 9.84 Å². The van der Waals surface area contributed by atoms with Crippen LogP contribution in [0.4, 0.5) is 0 Å². The van der Waals surface area contributed by atoms with Crippen molar-refractivity contribution < 1.29 is 13.2 Å². The molecule has 4 heteroatoms. The summed E-state index contributed by atoms with van der Waals surface area (Å²) < 4.78 is 27.9. The van der Waals surface area contributed by atoms with Gasteiger partial charge in [-0.15, -0.1) is 0 Å². The quantitative estimate of drug-likeness (QED) is 0.678. The van der Waals surface area contributed by atoms with Crippen molar-refractivity contribution in [1.29, 1.82) is 0 Å². The van der Waals surface area contributed by atoms with Crippen LogP contribution in [0.2, 0.25) is 0 Å². The fourth-order valence-corrected chi connectivity index (χ4v) is 3.84. The highest BCUT2D eigenvalue weighted by Crippen LogP contribution is 2.31. The summed E-state index contributed by atoms with van der Waals surface area (Å²) in [6, 6.07) is 0. The zero-order valence-corrected chi connectivity index (χ0v) is 9.86. The van der Waals surface area contributed by atoms with E-state index in [1.807, 2.05) is 20.8 Å². The topological polar surface area (TPSA) is 43.4 Å². The van der Waals surface area contributed by atoms with Crippen molar-refractivity contribution in [2.75, 3.05) is 18.1 Å². The summed E-state index contributed by atoms with van der Waals surface area (Å²) in [6.07, 6.45) is 2.40. The van der Waals surface area contributed by atoms with E-state index >= 15 is 0 Å². The molecular formula is C10H18O3S. The predicted octanol–water partition coefficient (Wildman–Crippen LogP) is 1.75. The second-order valence-electron chi connectivity index (χ2n) is 4.66. The van der Waals surface area contributed by atoms with Crippen molar-refractivity contribution in [3.05, 3.63) is 11.8 Å². The summed E-state index contributed by atoms with van der Waals surface area (Å²) in [4.78, 5) is 0. The molecule has 0 N–H and O–H groups in total. The molecule has 0 bridgehead atoms. The van der Waals surface area contributed by atoms with Crippen LogP contribution in [0.25, 0.3) is 0 Å². The van der Waals surface area contributed by atoms with Gasteiger partial charge in [0.2, 0.25) is 0 Å². The van der Waals surface area contributed by atoms with E-state index in [2.05, 4.69) is 0 Å². The first kappa shape index (κ1) is 11.6. The van der Waals surface area contributed by atoms with Gasteiger partial charge in [0.05, 0.1) is 24.4 Å². The van der Waals surface area contributed by atoms with Crippen molar-refractivity contribution in [1.82, 2.24) is 0 Å². The molecule has 1 heterocycles. The number of rotatable bonds is 3. The maximum absolute atomic E-state index is 11.3. The summed E-state index contributed by atoms with van der Waals surface area (Å²) in [7, 11) is -2.81. The third kappa shape index (κ3) is 3.33. The lowest BCUT2D eigenvalue weighted by atomic mass is 9.92. The van der Waals surface area contributed by atoms with Crippen molar-refractivity contribution in [3.8, 4) is 0 Å². The Morgan fingerprint density at radius 1 is 1.50 bits per heavy atom. The van der Waals surface area contributed by atoms with Crippen LogP contribution in [0, 0.1) is 5.41 Å². The second-order valence-corrected chi connectivity index (χ2v) is 6.84. The molecule has 0 aromatic heterocycles. The molecule has 0 amide bonds. The SMILES string of the molecule is CC(C)=COCC1(C)CCS(=O)(=O)C1. The molecule has 1 rings (SSSR count). The number of sulfone groups is 1. The van der Waals surface area contributed by atoms with E-state index in [1.54, 1.807) is 6.26 Å². The fraction of sp³-hybridized carbons (Fsp3) is 0.800. The molecular weight excluding hydrogens is 200 g/mol. The van der Waals surface area contributed by atoms with E-state index in [1.165, 1.54) is 0 Å². The third-order valence-electron chi connectivity index (χ3n) is 2.34. The van der Waals surface area contributed by atoms with Gasteiger partial charge in [-0.25, -0.2) is 8.42 Å². The van der Waals surface area contributed by atoms with Gasteiger partial charge in [-0.3, -0.25) is 0 Å². The average Bonchev–Trinajstić information content (AvgIpc) is 2.25. The van der Waals surface area contributed by atoms with E-state index in [-0.39, 0.29) is 11.2 Å². The van der Waals surface area contributed by atoms with E-state index in [0.717, 1.165) is 5.57 Å². The van der Waals surface area contributed by atoms with Gasteiger partial charge in [0, 0.05) is 5.41 Å². The van der Waals surface area contributed by atoms with E-state index in [0.29, 0.717) is 18.8 Å². The summed E-state index contributed by atoms with van der Waals surface area (Å²) in [5.74, 6) is 0.568. The Kier molecular flexibility index (Phi) is 3.24. The summed E-state index contributed by atoms with van der Waals surface area (Å²) >= 11 is 0. The van der Waals surface area contributed by atoms with Gasteiger partial charge in [-0.2, -0.15) is 0 Å². The Morgan fingerprint density at radius 2 is 2.14 bits per heavy atom. The minimum absolute atomic E-state index is 0.190. The van der Waals surface area contributed by atoms with Crippen LogP contribution >= 0.6 is 0 Å². The van der Waals surface area contributed by atoms with Gasteiger partial charge < -0.3 is 4.74 Å². The van der Waals surface area contributed by atoms with E-state index in [9.17, 15) is 8.42 Å². The number of hydrogen-bond acceptors (Lipinski definition) is 3. The van der Waals surface area contributed by atoms with Gasteiger partial charge in [-0.1, -0.05) is 6.92 Å². The predicted molar refractivity (Wildman–Crippen MR) is 56.8 cm³/mol. The Bertz CT molecular complexity index is 325. The number of allylic oxidation sites excluding steroid dienone is 1. The fourth-order valence-electron chi connectivity index (χ4n) is 1.60. The smallest absolute Gasteiger partial charge is 0.151 e. The average molecular weight is 218 g/mol. The van der Waals surface area contributed by atoms with Gasteiger partial charge >= 0.3 is 0 Å². The Morgan fingerprint density at radius 3 is 2.57 bits per heavy atom. The summed E-state index contributed by atoms with van der Waals surface area (Å²) in [5, 5.41) is 0. The van der Waals surface area contributed by atoms with Crippen LogP contribution < -0.4 is 0 Å². The van der Waals surface area contributed by atoms with Gasteiger partial charge in [0.25, 0.3) is 0 Å². The highest BCUT2D eigenvalue weighted by molar-refractivity contribution is 7.91. The molecule has 0 spiro atoms. The molecule has 1 atom stereocenters. The molecule has 0 saturated carbocycles. The molecule has 82 valence electrons. The summed E-state index contributed by atoms with van der Waals surface area (Å²) in [6.45, 7) is 6.37. The van der Waals surface area contributed by atoms with Gasteiger partial charge in [0.1, 0.15) is 0 Å². The third-order valence-corrected chi connectivity index (χ3v) is 4.30. The highest BCUT2D eigenvalue weighted by atomic mass is 32.2. The Labute approximate surface area is 86.1 Å². The van der Waals surface area contributed by atoms with Crippen LogP contribution in [-0.2, 0) is 14.6 Å². The maximum Gasteiger partial charge on any atom is 0.151 e. The van der Waals surface area contributed by atoms with Crippen LogP contribution in [0.15, 0.2) is 11.8 Å². The van der Waals surface area contributed by atoms with E-state index in [4.69, 9.17) is 4.74 Å². The van der Waals surface area contributed by atoms with Crippen LogP contribution in [0.5, 0.6) is 0 Å². The lowest BCUT2D eigenvalue weighted by Crippen LogP contribution is -2.23. The Balaban J connectivity index is 2.49. The first-order valence-corrected chi connectivity index (χ1v) is 6.61. The van der Waals surface area contributed by atoms with Crippen molar-refractivity contribution in [2.45, 2.75) is 27.2 Å². The van der Waals surface area contributed by atoms with Crippen LogP contribution in [-0.4, -0.2) is 26.5 Å². The minimum Gasteiger partial charge on any atom is -0.501 e. The highest BCUT2D eigenvalue weighted by Gasteiger charge is 2.38. The number of hydrogen-bond donors (Lipinski definition) is 0. The van der Waals surface area contributed by atoms with Crippen molar-refractivity contribution in [3.63, 3.8) is 0 Å². The summed E-state index contributed by atoms with van der Waals surface area (Å²) in [5.41, 5.74) is 0.902. The molecule has 14 heavy (non-hydrogen) atoms. The van der Waals surface area contributed by atoms with E-state index < -0.39 is 9.84 Å².